The Morgan fingerprint density at radius 3 is 2.94 bits per heavy atom. The molecule has 0 spiro atoms. The lowest BCUT2D eigenvalue weighted by molar-refractivity contribution is 0.335. The van der Waals surface area contributed by atoms with Gasteiger partial charge in [-0.05, 0) is 24.8 Å². The van der Waals surface area contributed by atoms with E-state index in [0.29, 0.717) is 16.6 Å². The molecule has 0 radical (unpaired) electrons. The Morgan fingerprint density at radius 1 is 1.50 bits per heavy atom. The Labute approximate surface area is 113 Å². The predicted molar refractivity (Wildman–Crippen MR) is 73.8 cm³/mol. The standard InChI is InChI=1S/C14H18ClN3/c1-10-4-3-5-12(8-10)18(2)14-13(15)11(9-16)6-7-17-14/h6-7,10,12H,3-5,8H2,1-2H3. The third-order valence-electron chi connectivity index (χ3n) is 3.78. The predicted octanol–water partition coefficient (Wildman–Crippen LogP) is 3.62. The molecule has 0 amide bonds. The molecule has 1 aromatic rings. The SMILES string of the molecule is CC1CCCC(N(C)c2nccc(C#N)c2Cl)C1. The van der Waals surface area contributed by atoms with Crippen molar-refractivity contribution in [3.63, 3.8) is 0 Å². The molecule has 0 aliphatic heterocycles. The van der Waals surface area contributed by atoms with Crippen LogP contribution in [-0.4, -0.2) is 18.1 Å². The van der Waals surface area contributed by atoms with Crippen molar-refractivity contribution >= 4 is 17.4 Å². The molecule has 1 saturated carbocycles. The summed E-state index contributed by atoms with van der Waals surface area (Å²) >= 11 is 6.23. The summed E-state index contributed by atoms with van der Waals surface area (Å²) in [5.74, 6) is 1.49. The van der Waals surface area contributed by atoms with Gasteiger partial charge in [0.25, 0.3) is 0 Å². The number of hydrogen-bond donors (Lipinski definition) is 0. The molecule has 0 saturated heterocycles. The van der Waals surface area contributed by atoms with Gasteiger partial charge in [-0.15, -0.1) is 0 Å². The Bertz CT molecular complexity index is 467. The molecule has 2 rings (SSSR count). The highest BCUT2D eigenvalue weighted by atomic mass is 35.5. The number of nitrogens with zero attached hydrogens (tertiary/aromatic N) is 3. The molecule has 2 atom stereocenters. The topological polar surface area (TPSA) is 39.9 Å². The van der Waals surface area contributed by atoms with Crippen molar-refractivity contribution < 1.29 is 0 Å². The molecule has 1 heterocycles. The lowest BCUT2D eigenvalue weighted by Crippen LogP contribution is -2.36. The Morgan fingerprint density at radius 2 is 2.28 bits per heavy atom. The van der Waals surface area contributed by atoms with Gasteiger partial charge in [0.05, 0.1) is 5.56 Å². The zero-order chi connectivity index (χ0) is 13.1. The fourth-order valence-corrected chi connectivity index (χ4v) is 2.98. The first kappa shape index (κ1) is 13.2. The second-order valence-corrected chi connectivity index (χ2v) is 5.52. The maximum absolute atomic E-state index is 9.00. The molecule has 18 heavy (non-hydrogen) atoms. The number of nitriles is 1. The van der Waals surface area contributed by atoms with Gasteiger partial charge in [0.15, 0.2) is 0 Å². The first-order chi connectivity index (χ1) is 8.63. The Kier molecular flexibility index (Phi) is 4.08. The average molecular weight is 264 g/mol. The van der Waals surface area contributed by atoms with Crippen LogP contribution in [0.1, 0.15) is 38.2 Å². The molecule has 1 aromatic heterocycles. The summed E-state index contributed by atoms with van der Waals surface area (Å²) in [5.41, 5.74) is 0.498. The van der Waals surface area contributed by atoms with Crippen molar-refractivity contribution in [2.75, 3.05) is 11.9 Å². The van der Waals surface area contributed by atoms with E-state index in [1.807, 2.05) is 7.05 Å². The fraction of sp³-hybridized carbons (Fsp3) is 0.571. The van der Waals surface area contributed by atoms with Crippen LogP contribution in [-0.2, 0) is 0 Å². The van der Waals surface area contributed by atoms with Crippen molar-refractivity contribution in [1.82, 2.24) is 4.98 Å². The lowest BCUT2D eigenvalue weighted by atomic mass is 9.86. The molecule has 96 valence electrons. The van der Waals surface area contributed by atoms with Crippen LogP contribution in [0.2, 0.25) is 5.02 Å². The van der Waals surface area contributed by atoms with E-state index in [2.05, 4.69) is 22.9 Å². The molecular weight excluding hydrogens is 246 g/mol. The largest absolute Gasteiger partial charge is 0.355 e. The normalized spacial score (nSPS) is 23.4. The summed E-state index contributed by atoms with van der Waals surface area (Å²) in [7, 11) is 2.03. The van der Waals surface area contributed by atoms with Crippen molar-refractivity contribution in [3.05, 3.63) is 22.8 Å². The van der Waals surface area contributed by atoms with Gasteiger partial charge in [0, 0.05) is 19.3 Å². The van der Waals surface area contributed by atoms with Crippen LogP contribution in [0.5, 0.6) is 0 Å². The molecule has 1 aliphatic rings. The molecule has 4 heteroatoms. The van der Waals surface area contributed by atoms with E-state index in [1.54, 1.807) is 12.3 Å². The molecule has 1 fully saturated rings. The van der Waals surface area contributed by atoms with E-state index in [0.717, 1.165) is 11.7 Å². The highest BCUT2D eigenvalue weighted by molar-refractivity contribution is 6.34. The third-order valence-corrected chi connectivity index (χ3v) is 4.15. The second-order valence-electron chi connectivity index (χ2n) is 5.14. The fourth-order valence-electron chi connectivity index (χ4n) is 2.69. The zero-order valence-corrected chi connectivity index (χ0v) is 11.6. The minimum Gasteiger partial charge on any atom is -0.355 e. The van der Waals surface area contributed by atoms with E-state index in [1.165, 1.54) is 25.7 Å². The summed E-state index contributed by atoms with van der Waals surface area (Å²) in [6, 6.07) is 4.24. The van der Waals surface area contributed by atoms with Gasteiger partial charge in [-0.1, -0.05) is 31.4 Å². The van der Waals surface area contributed by atoms with Gasteiger partial charge in [0.2, 0.25) is 0 Å². The van der Waals surface area contributed by atoms with Crippen LogP contribution in [0.4, 0.5) is 5.82 Å². The summed E-state index contributed by atoms with van der Waals surface area (Å²) in [6.07, 6.45) is 6.57. The van der Waals surface area contributed by atoms with Crippen molar-refractivity contribution in [2.24, 2.45) is 5.92 Å². The first-order valence-corrected chi connectivity index (χ1v) is 6.78. The minimum atomic E-state index is 0.473. The molecule has 2 unspecified atom stereocenters. The lowest BCUT2D eigenvalue weighted by Gasteiger charge is -2.35. The number of anilines is 1. The Hall–Kier alpha value is -1.27. The number of pyridine rings is 1. The van der Waals surface area contributed by atoms with Gasteiger partial charge in [-0.2, -0.15) is 5.26 Å². The van der Waals surface area contributed by atoms with E-state index >= 15 is 0 Å². The van der Waals surface area contributed by atoms with Crippen LogP contribution in [0, 0.1) is 17.2 Å². The number of aromatic nitrogens is 1. The van der Waals surface area contributed by atoms with Crippen molar-refractivity contribution in [2.45, 2.75) is 38.6 Å². The van der Waals surface area contributed by atoms with E-state index in [-0.39, 0.29) is 0 Å². The minimum absolute atomic E-state index is 0.473. The molecule has 0 bridgehead atoms. The summed E-state index contributed by atoms with van der Waals surface area (Å²) in [5, 5.41) is 9.47. The van der Waals surface area contributed by atoms with Gasteiger partial charge >= 0.3 is 0 Å². The van der Waals surface area contributed by atoms with Crippen LogP contribution in [0.15, 0.2) is 12.3 Å². The van der Waals surface area contributed by atoms with Crippen LogP contribution < -0.4 is 4.90 Å². The van der Waals surface area contributed by atoms with Crippen LogP contribution in [0.3, 0.4) is 0 Å². The number of hydrogen-bond acceptors (Lipinski definition) is 3. The Balaban J connectivity index is 2.23. The number of halogens is 1. The zero-order valence-electron chi connectivity index (χ0n) is 10.9. The average Bonchev–Trinajstić information content (AvgIpc) is 2.38. The molecule has 0 N–H and O–H groups in total. The maximum Gasteiger partial charge on any atom is 0.148 e. The van der Waals surface area contributed by atoms with Gasteiger partial charge in [-0.3, -0.25) is 0 Å². The highest BCUT2D eigenvalue weighted by Crippen LogP contribution is 2.32. The van der Waals surface area contributed by atoms with Gasteiger partial charge in [0.1, 0.15) is 16.9 Å². The van der Waals surface area contributed by atoms with E-state index < -0.39 is 0 Å². The van der Waals surface area contributed by atoms with E-state index in [9.17, 15) is 0 Å². The number of rotatable bonds is 2. The van der Waals surface area contributed by atoms with Gasteiger partial charge in [-0.25, -0.2) is 4.98 Å². The van der Waals surface area contributed by atoms with Crippen LogP contribution in [0.25, 0.3) is 0 Å². The third kappa shape index (κ3) is 2.59. The molecule has 1 aliphatic carbocycles. The van der Waals surface area contributed by atoms with Crippen LogP contribution >= 0.6 is 11.6 Å². The maximum atomic E-state index is 9.00. The summed E-state index contributed by atoms with van der Waals surface area (Å²) in [4.78, 5) is 6.47. The monoisotopic (exact) mass is 263 g/mol. The summed E-state index contributed by atoms with van der Waals surface area (Å²) < 4.78 is 0. The first-order valence-electron chi connectivity index (χ1n) is 6.41. The quantitative estimate of drug-likeness (QED) is 0.818. The summed E-state index contributed by atoms with van der Waals surface area (Å²) in [6.45, 7) is 2.29. The highest BCUT2D eigenvalue weighted by Gasteiger charge is 2.24. The van der Waals surface area contributed by atoms with Crippen molar-refractivity contribution in [1.29, 1.82) is 5.26 Å². The van der Waals surface area contributed by atoms with Crippen molar-refractivity contribution in [3.8, 4) is 6.07 Å². The smallest absolute Gasteiger partial charge is 0.148 e. The molecule has 3 nitrogen and oxygen atoms in total. The van der Waals surface area contributed by atoms with E-state index in [4.69, 9.17) is 16.9 Å². The second kappa shape index (κ2) is 5.58. The molecule has 0 aromatic carbocycles. The van der Waals surface area contributed by atoms with Gasteiger partial charge < -0.3 is 4.90 Å². The molecular formula is C14H18ClN3.